The Hall–Kier alpha value is -4.25. The molecular weight excluding hydrogens is 486 g/mol. The average Bonchev–Trinajstić information content (AvgIpc) is 3.60. The van der Waals surface area contributed by atoms with E-state index in [4.69, 9.17) is 19.2 Å². The molecule has 2 fully saturated rings. The number of ether oxygens (including phenoxy) is 3. The Morgan fingerprint density at radius 1 is 1.16 bits per heavy atom. The molecule has 0 unspecified atom stereocenters. The molecule has 11 heteroatoms. The van der Waals surface area contributed by atoms with Crippen molar-refractivity contribution in [2.75, 3.05) is 36.5 Å². The van der Waals surface area contributed by atoms with Crippen LogP contribution in [0.15, 0.2) is 42.9 Å². The standard InChI is InChI=1S/C27H27N7O4/c1-16-11-18(12-20-23(16)32-24(31-20)17-4-10-36-14-17)37-22-13-21(29-15-30-22)34-8-5-27(6-9-34)19-3-2-7-28-25(19)33-26(35)38-27/h2-3,7,11-13,15,17H,4-6,8-10,14H2,1H3,(H,31,32)(H,28,33,35)/t17-/m1/s1. The highest BCUT2D eigenvalue weighted by Gasteiger charge is 2.45. The van der Waals surface area contributed by atoms with Crippen LogP contribution < -0.4 is 15.0 Å². The van der Waals surface area contributed by atoms with Gasteiger partial charge in [0.05, 0.1) is 17.6 Å². The quantitative estimate of drug-likeness (QED) is 0.408. The lowest BCUT2D eigenvalue weighted by Crippen LogP contribution is -2.48. The van der Waals surface area contributed by atoms with E-state index in [0.29, 0.717) is 55.9 Å². The summed E-state index contributed by atoms with van der Waals surface area (Å²) in [5, 5.41) is 2.70. The number of nitrogens with one attached hydrogen (secondary N) is 2. The number of H-pyrrole nitrogens is 1. The fourth-order valence-corrected chi connectivity index (χ4v) is 5.65. The molecule has 1 aromatic carbocycles. The van der Waals surface area contributed by atoms with E-state index in [1.165, 1.54) is 6.33 Å². The number of rotatable bonds is 4. The summed E-state index contributed by atoms with van der Waals surface area (Å²) in [6.45, 7) is 4.82. The van der Waals surface area contributed by atoms with E-state index in [-0.39, 0.29) is 0 Å². The molecule has 3 aliphatic rings. The zero-order valence-corrected chi connectivity index (χ0v) is 20.9. The molecule has 1 atom stereocenters. The first-order chi connectivity index (χ1) is 18.6. The van der Waals surface area contributed by atoms with Crippen LogP contribution in [0.2, 0.25) is 0 Å². The third-order valence-corrected chi connectivity index (χ3v) is 7.64. The van der Waals surface area contributed by atoms with Gasteiger partial charge < -0.3 is 24.1 Å². The molecule has 4 aromatic rings. The van der Waals surface area contributed by atoms with Crippen molar-refractivity contribution in [1.29, 1.82) is 0 Å². The Balaban J connectivity index is 1.09. The van der Waals surface area contributed by atoms with Crippen LogP contribution in [-0.2, 0) is 15.1 Å². The highest BCUT2D eigenvalue weighted by molar-refractivity contribution is 5.87. The highest BCUT2D eigenvalue weighted by Crippen LogP contribution is 2.43. The number of hydrogen-bond donors (Lipinski definition) is 2. The third kappa shape index (κ3) is 3.99. The van der Waals surface area contributed by atoms with E-state index >= 15 is 0 Å². The van der Waals surface area contributed by atoms with Crippen LogP contribution in [0.4, 0.5) is 16.4 Å². The molecule has 6 heterocycles. The van der Waals surface area contributed by atoms with Crippen LogP contribution in [-0.4, -0.2) is 57.3 Å². The predicted octanol–water partition coefficient (Wildman–Crippen LogP) is 4.41. The van der Waals surface area contributed by atoms with Gasteiger partial charge in [0.25, 0.3) is 0 Å². The Morgan fingerprint density at radius 3 is 2.89 bits per heavy atom. The topological polar surface area (TPSA) is 127 Å². The van der Waals surface area contributed by atoms with Crippen molar-refractivity contribution >= 4 is 28.8 Å². The maximum Gasteiger partial charge on any atom is 0.413 e. The third-order valence-electron chi connectivity index (χ3n) is 7.64. The molecule has 0 radical (unpaired) electrons. The number of hydrogen-bond acceptors (Lipinski definition) is 9. The van der Waals surface area contributed by atoms with Gasteiger partial charge in [0, 0.05) is 62.3 Å². The maximum absolute atomic E-state index is 12.2. The molecule has 0 bridgehead atoms. The fourth-order valence-electron chi connectivity index (χ4n) is 5.65. The molecule has 3 aliphatic heterocycles. The Morgan fingerprint density at radius 2 is 2.05 bits per heavy atom. The number of aromatic nitrogens is 5. The molecule has 0 saturated carbocycles. The predicted molar refractivity (Wildman–Crippen MR) is 139 cm³/mol. The smallest absolute Gasteiger partial charge is 0.413 e. The van der Waals surface area contributed by atoms with Crippen molar-refractivity contribution in [3.63, 3.8) is 0 Å². The largest absolute Gasteiger partial charge is 0.439 e. The minimum absolute atomic E-state index is 0.303. The van der Waals surface area contributed by atoms with Gasteiger partial charge in [0.1, 0.15) is 35.1 Å². The summed E-state index contributed by atoms with van der Waals surface area (Å²) >= 11 is 0. The number of aromatic amines is 1. The Labute approximate surface area is 218 Å². The number of aryl methyl sites for hydroxylation is 1. The van der Waals surface area contributed by atoms with Gasteiger partial charge in [-0.1, -0.05) is 0 Å². The van der Waals surface area contributed by atoms with Crippen molar-refractivity contribution in [3.05, 3.63) is 59.8 Å². The zero-order valence-electron chi connectivity index (χ0n) is 20.9. The number of amides is 1. The summed E-state index contributed by atoms with van der Waals surface area (Å²) in [7, 11) is 0. The lowest BCUT2D eigenvalue weighted by molar-refractivity contribution is -0.00853. The lowest BCUT2D eigenvalue weighted by atomic mass is 9.83. The van der Waals surface area contributed by atoms with Gasteiger partial charge in [-0.05, 0) is 37.1 Å². The number of fused-ring (bicyclic) bond motifs is 3. The molecule has 194 valence electrons. The van der Waals surface area contributed by atoms with Gasteiger partial charge in [-0.25, -0.2) is 24.7 Å². The van der Waals surface area contributed by atoms with Gasteiger partial charge in [-0.2, -0.15) is 0 Å². The number of anilines is 2. The number of piperidine rings is 1. The molecule has 3 aromatic heterocycles. The van der Waals surface area contributed by atoms with E-state index in [9.17, 15) is 4.79 Å². The first-order valence-electron chi connectivity index (χ1n) is 12.8. The number of imidazole rings is 1. The monoisotopic (exact) mass is 513 g/mol. The normalized spacial score (nSPS) is 20.3. The molecule has 2 saturated heterocycles. The van der Waals surface area contributed by atoms with E-state index < -0.39 is 11.7 Å². The van der Waals surface area contributed by atoms with E-state index in [2.05, 4.69) is 30.2 Å². The van der Waals surface area contributed by atoms with Crippen LogP contribution in [0.5, 0.6) is 11.6 Å². The van der Waals surface area contributed by atoms with Crippen molar-refractivity contribution in [2.45, 2.75) is 37.7 Å². The van der Waals surface area contributed by atoms with Crippen molar-refractivity contribution in [1.82, 2.24) is 24.9 Å². The minimum Gasteiger partial charge on any atom is -0.439 e. The molecule has 1 spiro atoms. The summed E-state index contributed by atoms with van der Waals surface area (Å²) in [6, 6.07) is 9.61. The molecule has 38 heavy (non-hydrogen) atoms. The fraction of sp³-hybridized carbons (Fsp3) is 0.370. The summed E-state index contributed by atoms with van der Waals surface area (Å²) in [6.07, 6.45) is 4.96. The van der Waals surface area contributed by atoms with Crippen LogP contribution in [0.3, 0.4) is 0 Å². The van der Waals surface area contributed by atoms with E-state index in [0.717, 1.165) is 46.8 Å². The van der Waals surface area contributed by atoms with Gasteiger partial charge in [0.15, 0.2) is 0 Å². The molecular formula is C27H27N7O4. The Bertz CT molecular complexity index is 1520. The minimum atomic E-state index is -0.685. The first-order valence-corrected chi connectivity index (χ1v) is 12.8. The number of benzene rings is 1. The van der Waals surface area contributed by atoms with Crippen LogP contribution in [0.25, 0.3) is 11.0 Å². The maximum atomic E-state index is 12.2. The van der Waals surface area contributed by atoms with Crippen LogP contribution in [0, 0.1) is 6.92 Å². The molecule has 1 amide bonds. The number of nitrogens with zero attached hydrogens (tertiary/aromatic N) is 5. The summed E-state index contributed by atoms with van der Waals surface area (Å²) in [5.74, 6) is 3.74. The second kappa shape index (κ2) is 8.95. The van der Waals surface area contributed by atoms with Crippen LogP contribution in [0.1, 0.15) is 42.1 Å². The van der Waals surface area contributed by atoms with Crippen molar-refractivity contribution in [3.8, 4) is 11.6 Å². The number of carbonyl (C=O) groups is 1. The lowest BCUT2D eigenvalue weighted by Gasteiger charge is -2.44. The van der Waals surface area contributed by atoms with Gasteiger partial charge >= 0.3 is 6.09 Å². The number of pyridine rings is 1. The summed E-state index contributed by atoms with van der Waals surface area (Å²) < 4.78 is 17.5. The second-order valence-corrected chi connectivity index (χ2v) is 10.0. The van der Waals surface area contributed by atoms with Crippen molar-refractivity contribution < 1.29 is 19.0 Å². The van der Waals surface area contributed by atoms with Crippen molar-refractivity contribution in [2.24, 2.45) is 0 Å². The van der Waals surface area contributed by atoms with Gasteiger partial charge in [0.2, 0.25) is 5.88 Å². The van der Waals surface area contributed by atoms with Crippen LogP contribution >= 0.6 is 0 Å². The second-order valence-electron chi connectivity index (χ2n) is 10.0. The molecule has 0 aliphatic carbocycles. The zero-order chi connectivity index (χ0) is 25.7. The van der Waals surface area contributed by atoms with Gasteiger partial charge in [-0.15, -0.1) is 0 Å². The Kier molecular flexibility index (Phi) is 5.39. The van der Waals surface area contributed by atoms with Gasteiger partial charge in [-0.3, -0.25) is 5.32 Å². The summed E-state index contributed by atoms with van der Waals surface area (Å²) in [5.41, 5.74) is 3.14. The molecule has 7 rings (SSSR count). The SMILES string of the molecule is Cc1cc(Oc2cc(N3CCC4(CC3)OC(=O)Nc3ncccc34)ncn2)cc2[nH]c([C@@H]3CCOC3)nc12. The number of carbonyl (C=O) groups excluding carboxylic acids is 1. The summed E-state index contributed by atoms with van der Waals surface area (Å²) in [4.78, 5) is 35.8. The van der Waals surface area contributed by atoms with E-state index in [1.807, 2.05) is 37.3 Å². The first kappa shape index (κ1) is 22.9. The molecule has 11 nitrogen and oxygen atoms in total. The molecule has 2 N–H and O–H groups in total. The highest BCUT2D eigenvalue weighted by atomic mass is 16.6. The van der Waals surface area contributed by atoms with E-state index in [1.54, 1.807) is 6.20 Å². The average molecular weight is 514 g/mol.